The summed E-state index contributed by atoms with van der Waals surface area (Å²) in [7, 11) is 0. The highest BCUT2D eigenvalue weighted by atomic mass is 16.7. The molecule has 3 aromatic rings. The third-order valence-corrected chi connectivity index (χ3v) is 4.65. The molecule has 0 spiro atoms. The molecule has 0 saturated heterocycles. The summed E-state index contributed by atoms with van der Waals surface area (Å²) in [6, 6.07) is 15.6. The van der Waals surface area contributed by atoms with E-state index in [0.29, 0.717) is 10.9 Å². The molecule has 1 aliphatic heterocycles. The molecule has 0 fully saturated rings. The molecule has 0 aliphatic carbocycles. The molecule has 0 bridgehead atoms. The molecule has 2 amide bonds. The van der Waals surface area contributed by atoms with Crippen molar-refractivity contribution in [3.8, 4) is 5.75 Å². The van der Waals surface area contributed by atoms with Gasteiger partial charge >= 0.3 is 5.97 Å². The van der Waals surface area contributed by atoms with E-state index < -0.39 is 17.8 Å². The first-order valence-electron chi connectivity index (χ1n) is 9.69. The first-order valence-corrected chi connectivity index (χ1v) is 9.69. The van der Waals surface area contributed by atoms with Gasteiger partial charge in [0.05, 0.1) is 17.3 Å². The highest BCUT2D eigenvalue weighted by Crippen LogP contribution is 2.25. The lowest BCUT2D eigenvalue weighted by atomic mass is 10.1. The van der Waals surface area contributed by atoms with Gasteiger partial charge in [0.15, 0.2) is 11.4 Å². The van der Waals surface area contributed by atoms with Gasteiger partial charge in [0.25, 0.3) is 11.8 Å². The maximum absolute atomic E-state index is 12.9. The molecule has 0 atom stereocenters. The first-order chi connectivity index (χ1) is 15.0. The number of amides is 2. The molecule has 1 aromatic heterocycles. The molecule has 2 heterocycles. The van der Waals surface area contributed by atoms with Crippen molar-refractivity contribution in [2.45, 2.75) is 26.4 Å². The molecule has 0 saturated carbocycles. The average molecular weight is 417 g/mol. The summed E-state index contributed by atoms with van der Waals surface area (Å²) in [4.78, 5) is 51.6. The lowest BCUT2D eigenvalue weighted by Crippen LogP contribution is -2.33. The maximum Gasteiger partial charge on any atom is 0.386 e. The fourth-order valence-corrected chi connectivity index (χ4v) is 3.03. The minimum atomic E-state index is -0.984. The minimum absolute atomic E-state index is 0.0611. The lowest BCUT2D eigenvalue weighted by Gasteiger charge is -2.15. The monoisotopic (exact) mass is 417 g/mol. The number of carbonyl (C=O) groups excluding carboxylic acids is 3. The number of imide groups is 1. The number of hydroxylamine groups is 2. The van der Waals surface area contributed by atoms with Gasteiger partial charge in [-0.25, -0.2) is 14.8 Å². The van der Waals surface area contributed by atoms with Gasteiger partial charge in [0, 0.05) is 5.92 Å². The Hall–Kier alpha value is -4.07. The van der Waals surface area contributed by atoms with Crippen LogP contribution in [0.2, 0.25) is 0 Å². The second-order valence-electron chi connectivity index (χ2n) is 7.20. The Morgan fingerprint density at radius 2 is 1.58 bits per heavy atom. The third-order valence-electron chi connectivity index (χ3n) is 4.65. The van der Waals surface area contributed by atoms with E-state index in [1.807, 2.05) is 44.2 Å². The highest BCUT2D eigenvalue weighted by molar-refractivity contribution is 6.21. The zero-order valence-electron chi connectivity index (χ0n) is 16.9. The molecule has 8 heteroatoms. The molecule has 8 nitrogen and oxygen atoms in total. The largest absolute Gasteiger partial charge is 0.485 e. The molecule has 2 aromatic carbocycles. The molecule has 31 heavy (non-hydrogen) atoms. The fourth-order valence-electron chi connectivity index (χ4n) is 3.03. The maximum atomic E-state index is 12.9. The number of rotatable bonds is 6. The summed E-state index contributed by atoms with van der Waals surface area (Å²) in [6.07, 6.45) is 1.39. The van der Waals surface area contributed by atoms with Gasteiger partial charge in [-0.1, -0.05) is 61.4 Å². The molecular formula is C23H19N3O5. The van der Waals surface area contributed by atoms with Crippen molar-refractivity contribution >= 4 is 17.8 Å². The zero-order valence-corrected chi connectivity index (χ0v) is 16.9. The van der Waals surface area contributed by atoms with E-state index in [2.05, 4.69) is 9.97 Å². The second kappa shape index (κ2) is 8.35. The Balaban J connectivity index is 1.59. The normalized spacial score (nSPS) is 12.8. The van der Waals surface area contributed by atoms with Crippen molar-refractivity contribution in [1.82, 2.24) is 15.0 Å². The van der Waals surface area contributed by atoms with Gasteiger partial charge in [-0.2, -0.15) is 0 Å². The van der Waals surface area contributed by atoms with Gasteiger partial charge in [0.2, 0.25) is 0 Å². The first kappa shape index (κ1) is 20.2. The van der Waals surface area contributed by atoms with Crippen LogP contribution in [0, 0.1) is 0 Å². The van der Waals surface area contributed by atoms with Crippen molar-refractivity contribution in [3.63, 3.8) is 0 Å². The lowest BCUT2D eigenvalue weighted by molar-refractivity contribution is -0.0591. The van der Waals surface area contributed by atoms with E-state index in [9.17, 15) is 14.4 Å². The summed E-state index contributed by atoms with van der Waals surface area (Å²) in [5.74, 6) is -1.97. The SMILES string of the molecule is CC(C)c1ncc(OCc2ccccc2)c(C(=O)ON2C(=O)c3ccccc3C2=O)n1. The number of fused-ring (bicyclic) bond motifs is 1. The van der Waals surface area contributed by atoms with Crippen LogP contribution in [0.1, 0.15) is 62.4 Å². The summed E-state index contributed by atoms with van der Waals surface area (Å²) >= 11 is 0. The van der Waals surface area contributed by atoms with Crippen LogP contribution in [-0.4, -0.2) is 32.8 Å². The number of nitrogens with zero attached hydrogens (tertiary/aromatic N) is 3. The van der Waals surface area contributed by atoms with Crippen molar-refractivity contribution in [1.29, 1.82) is 0 Å². The van der Waals surface area contributed by atoms with Crippen molar-refractivity contribution < 1.29 is 24.0 Å². The van der Waals surface area contributed by atoms with Crippen LogP contribution in [-0.2, 0) is 11.4 Å². The smallest absolute Gasteiger partial charge is 0.386 e. The predicted molar refractivity (Wildman–Crippen MR) is 109 cm³/mol. The number of hydrogen-bond acceptors (Lipinski definition) is 7. The summed E-state index contributed by atoms with van der Waals surface area (Å²) in [6.45, 7) is 3.93. The standard InChI is InChI=1S/C23H19N3O5/c1-14(2)20-24-12-18(30-13-15-8-4-3-5-9-15)19(25-20)23(29)31-26-21(27)16-10-6-7-11-17(16)22(26)28/h3-12,14H,13H2,1-2H3. The van der Waals surface area contributed by atoms with E-state index in [0.717, 1.165) is 5.56 Å². The summed E-state index contributed by atoms with van der Waals surface area (Å²) < 4.78 is 5.74. The fraction of sp³-hybridized carbons (Fsp3) is 0.174. The van der Waals surface area contributed by atoms with E-state index in [4.69, 9.17) is 9.57 Å². The number of hydrogen-bond donors (Lipinski definition) is 0. The molecule has 156 valence electrons. The summed E-state index contributed by atoms with van der Waals surface area (Å²) in [5.41, 5.74) is 1.07. The third kappa shape index (κ3) is 4.00. The zero-order chi connectivity index (χ0) is 22.0. The van der Waals surface area contributed by atoms with Crippen molar-refractivity contribution in [2.24, 2.45) is 0 Å². The van der Waals surface area contributed by atoms with Crippen LogP contribution in [0.3, 0.4) is 0 Å². The van der Waals surface area contributed by atoms with Crippen LogP contribution >= 0.6 is 0 Å². The van der Waals surface area contributed by atoms with Crippen LogP contribution < -0.4 is 4.74 Å². The molecular weight excluding hydrogens is 398 g/mol. The highest BCUT2D eigenvalue weighted by Gasteiger charge is 2.39. The van der Waals surface area contributed by atoms with Gasteiger partial charge in [-0.3, -0.25) is 9.59 Å². The predicted octanol–water partition coefficient (Wildman–Crippen LogP) is 3.55. The number of aromatic nitrogens is 2. The molecule has 0 N–H and O–H groups in total. The Morgan fingerprint density at radius 1 is 0.968 bits per heavy atom. The summed E-state index contributed by atoms with van der Waals surface area (Å²) in [5, 5.41) is 0.450. The van der Waals surface area contributed by atoms with Crippen LogP contribution in [0.4, 0.5) is 0 Å². The van der Waals surface area contributed by atoms with E-state index in [1.165, 1.54) is 18.3 Å². The Kier molecular flexibility index (Phi) is 5.44. The Morgan fingerprint density at radius 3 is 2.19 bits per heavy atom. The molecule has 1 aliphatic rings. The van der Waals surface area contributed by atoms with E-state index >= 15 is 0 Å². The van der Waals surface area contributed by atoms with Gasteiger partial charge in [-0.05, 0) is 17.7 Å². The molecule has 0 unspecified atom stereocenters. The van der Waals surface area contributed by atoms with E-state index in [-0.39, 0.29) is 35.1 Å². The van der Waals surface area contributed by atoms with Crippen LogP contribution in [0.25, 0.3) is 0 Å². The van der Waals surface area contributed by atoms with Gasteiger partial charge in [-0.15, -0.1) is 0 Å². The average Bonchev–Trinajstić information content (AvgIpc) is 3.03. The molecule has 0 radical (unpaired) electrons. The Labute approximate surface area is 178 Å². The van der Waals surface area contributed by atoms with Gasteiger partial charge in [0.1, 0.15) is 12.4 Å². The van der Waals surface area contributed by atoms with Crippen molar-refractivity contribution in [2.75, 3.05) is 0 Å². The van der Waals surface area contributed by atoms with E-state index in [1.54, 1.807) is 12.1 Å². The van der Waals surface area contributed by atoms with Crippen molar-refractivity contribution in [3.05, 3.63) is 89.0 Å². The minimum Gasteiger partial charge on any atom is -0.485 e. The van der Waals surface area contributed by atoms with Crippen LogP contribution in [0.15, 0.2) is 60.8 Å². The molecule has 4 rings (SSSR count). The number of carbonyl (C=O) groups is 3. The van der Waals surface area contributed by atoms with Crippen LogP contribution in [0.5, 0.6) is 5.75 Å². The number of benzene rings is 2. The quantitative estimate of drug-likeness (QED) is 0.566. The Bertz CT molecular complexity index is 1130. The van der Waals surface area contributed by atoms with Gasteiger partial charge < -0.3 is 9.57 Å². The topological polar surface area (TPSA) is 98.7 Å². The number of ether oxygens (including phenoxy) is 1. The second-order valence-corrected chi connectivity index (χ2v) is 7.20.